The van der Waals surface area contributed by atoms with Crippen molar-refractivity contribution in [2.45, 2.75) is 0 Å². The Kier molecular flexibility index (Phi) is 2.65. The largest absolute Gasteiger partial charge is 0.456 e. The molecule has 0 saturated heterocycles. The van der Waals surface area contributed by atoms with Crippen molar-refractivity contribution in [3.05, 3.63) is 69.8 Å². The summed E-state index contributed by atoms with van der Waals surface area (Å²) in [6, 6.07) is 16.2. The summed E-state index contributed by atoms with van der Waals surface area (Å²) in [6.07, 6.45) is 0. The molecule has 3 rings (SSSR count). The fraction of sp³-hybridized carbons (Fsp3) is 0. The van der Waals surface area contributed by atoms with Crippen LogP contribution < -0.4 is 5.43 Å². The summed E-state index contributed by atoms with van der Waals surface area (Å²) >= 11 is 6.00. The molecule has 0 aliphatic carbocycles. The summed E-state index contributed by atoms with van der Waals surface area (Å²) in [5.74, 6) is 0.551. The van der Waals surface area contributed by atoms with Crippen molar-refractivity contribution in [1.29, 1.82) is 0 Å². The predicted molar refractivity (Wildman–Crippen MR) is 72.9 cm³/mol. The maximum Gasteiger partial charge on any atom is 0.194 e. The van der Waals surface area contributed by atoms with Crippen molar-refractivity contribution < 1.29 is 4.42 Å². The van der Waals surface area contributed by atoms with Crippen molar-refractivity contribution in [2.75, 3.05) is 0 Å². The van der Waals surface area contributed by atoms with Crippen LogP contribution in [-0.2, 0) is 0 Å². The summed E-state index contributed by atoms with van der Waals surface area (Å²) in [5, 5.41) is 0.847. The highest BCUT2D eigenvalue weighted by atomic mass is 35.5. The zero-order chi connectivity index (χ0) is 12.5. The molecule has 0 spiro atoms. The van der Waals surface area contributed by atoms with Crippen LogP contribution in [0.5, 0.6) is 0 Å². The zero-order valence-electron chi connectivity index (χ0n) is 9.39. The zero-order valence-corrected chi connectivity index (χ0v) is 10.1. The number of hydrogen-bond donors (Lipinski definition) is 0. The van der Waals surface area contributed by atoms with Gasteiger partial charge in [0.25, 0.3) is 0 Å². The summed E-state index contributed by atoms with van der Waals surface area (Å²) in [5.41, 5.74) is 1.26. The lowest BCUT2D eigenvalue weighted by molar-refractivity contribution is 0.619. The Bertz CT molecular complexity index is 760. The third kappa shape index (κ3) is 1.81. The lowest BCUT2D eigenvalue weighted by Crippen LogP contribution is -2.00. The second-order valence-electron chi connectivity index (χ2n) is 3.95. The summed E-state index contributed by atoms with van der Waals surface area (Å²) in [4.78, 5) is 12.0. The maximum absolute atomic E-state index is 12.0. The number of benzene rings is 2. The van der Waals surface area contributed by atoms with E-state index in [1.807, 2.05) is 30.3 Å². The molecule has 0 saturated carbocycles. The van der Waals surface area contributed by atoms with Crippen LogP contribution in [0.15, 0.2) is 63.8 Å². The van der Waals surface area contributed by atoms with Crippen LogP contribution in [0.4, 0.5) is 0 Å². The standard InChI is InChI=1S/C15H9ClO2/c16-11-7-4-8-13-15(11)12(17)9-14(18-13)10-5-2-1-3-6-10/h1-9H. The molecule has 0 N–H and O–H groups in total. The molecule has 0 unspecified atom stereocenters. The molecule has 3 aromatic rings. The first kappa shape index (κ1) is 11.1. The maximum atomic E-state index is 12.0. The van der Waals surface area contributed by atoms with Crippen molar-refractivity contribution in [3.63, 3.8) is 0 Å². The quantitative estimate of drug-likeness (QED) is 0.656. The van der Waals surface area contributed by atoms with Gasteiger partial charge in [-0.1, -0.05) is 48.0 Å². The Labute approximate surface area is 108 Å². The minimum atomic E-state index is -0.124. The first-order valence-electron chi connectivity index (χ1n) is 5.53. The van der Waals surface area contributed by atoms with Crippen LogP contribution in [0.1, 0.15) is 0 Å². The smallest absolute Gasteiger partial charge is 0.194 e. The molecule has 1 heterocycles. The monoisotopic (exact) mass is 256 g/mol. The lowest BCUT2D eigenvalue weighted by atomic mass is 10.1. The van der Waals surface area contributed by atoms with Gasteiger partial charge in [-0.3, -0.25) is 4.79 Å². The average molecular weight is 257 g/mol. The summed E-state index contributed by atoms with van der Waals surface area (Å²) in [7, 11) is 0. The number of hydrogen-bond acceptors (Lipinski definition) is 2. The van der Waals surface area contributed by atoms with Gasteiger partial charge in [-0.25, -0.2) is 0 Å². The van der Waals surface area contributed by atoms with Crippen molar-refractivity contribution in [3.8, 4) is 11.3 Å². The molecule has 0 bridgehead atoms. The molecule has 0 fully saturated rings. The summed E-state index contributed by atoms with van der Waals surface area (Å²) in [6.45, 7) is 0. The van der Waals surface area contributed by atoms with Gasteiger partial charge in [0, 0.05) is 11.6 Å². The second kappa shape index (κ2) is 4.31. The third-order valence-corrected chi connectivity index (χ3v) is 3.08. The first-order chi connectivity index (χ1) is 8.75. The van der Waals surface area contributed by atoms with E-state index >= 15 is 0 Å². The van der Waals surface area contributed by atoms with Crippen molar-refractivity contribution >= 4 is 22.6 Å². The molecule has 3 heteroatoms. The van der Waals surface area contributed by atoms with Crippen molar-refractivity contribution in [1.82, 2.24) is 0 Å². The van der Waals surface area contributed by atoms with E-state index in [9.17, 15) is 4.79 Å². The number of rotatable bonds is 1. The van der Waals surface area contributed by atoms with Gasteiger partial charge in [-0.2, -0.15) is 0 Å². The lowest BCUT2D eigenvalue weighted by Gasteiger charge is -2.03. The van der Waals surface area contributed by atoms with Gasteiger partial charge in [-0.15, -0.1) is 0 Å². The molecular formula is C15H9ClO2. The van der Waals surface area contributed by atoms with E-state index in [-0.39, 0.29) is 5.43 Å². The van der Waals surface area contributed by atoms with E-state index < -0.39 is 0 Å². The molecule has 88 valence electrons. The van der Waals surface area contributed by atoms with Crippen molar-refractivity contribution in [2.24, 2.45) is 0 Å². The Morgan fingerprint density at radius 1 is 0.944 bits per heavy atom. The third-order valence-electron chi connectivity index (χ3n) is 2.76. The van der Waals surface area contributed by atoms with Gasteiger partial charge < -0.3 is 4.42 Å². The van der Waals surface area contributed by atoms with Crippen LogP contribution in [0.3, 0.4) is 0 Å². The van der Waals surface area contributed by atoms with Gasteiger partial charge in [0.15, 0.2) is 5.43 Å². The van der Waals surface area contributed by atoms with E-state index in [0.717, 1.165) is 5.56 Å². The Morgan fingerprint density at radius 3 is 2.50 bits per heavy atom. The Hall–Kier alpha value is -2.06. The van der Waals surface area contributed by atoms with E-state index in [2.05, 4.69) is 0 Å². The van der Waals surface area contributed by atoms with E-state index in [0.29, 0.717) is 21.8 Å². The molecule has 1 aromatic heterocycles. The SMILES string of the molecule is O=c1cc(-c2ccccc2)oc2cccc(Cl)c12. The van der Waals surface area contributed by atoms with E-state index in [1.54, 1.807) is 18.2 Å². The molecule has 0 radical (unpaired) electrons. The molecule has 2 aromatic carbocycles. The van der Waals surface area contributed by atoms with Crippen LogP contribution in [-0.4, -0.2) is 0 Å². The van der Waals surface area contributed by atoms with Gasteiger partial charge in [0.2, 0.25) is 0 Å². The summed E-state index contributed by atoms with van der Waals surface area (Å²) < 4.78 is 5.73. The second-order valence-corrected chi connectivity index (χ2v) is 4.36. The fourth-order valence-electron chi connectivity index (χ4n) is 1.91. The highest BCUT2D eigenvalue weighted by molar-refractivity contribution is 6.35. The van der Waals surface area contributed by atoms with Gasteiger partial charge >= 0.3 is 0 Å². The van der Waals surface area contributed by atoms with Gasteiger partial charge in [-0.05, 0) is 12.1 Å². The van der Waals surface area contributed by atoms with Crippen LogP contribution in [0, 0.1) is 0 Å². The molecule has 18 heavy (non-hydrogen) atoms. The fourth-order valence-corrected chi connectivity index (χ4v) is 2.17. The van der Waals surface area contributed by atoms with E-state index in [1.165, 1.54) is 6.07 Å². The average Bonchev–Trinajstić information content (AvgIpc) is 2.39. The van der Waals surface area contributed by atoms with Crippen LogP contribution in [0.2, 0.25) is 5.02 Å². The highest BCUT2D eigenvalue weighted by Gasteiger charge is 2.08. The Morgan fingerprint density at radius 2 is 1.72 bits per heavy atom. The first-order valence-corrected chi connectivity index (χ1v) is 5.91. The molecule has 0 amide bonds. The normalized spacial score (nSPS) is 10.7. The minimum Gasteiger partial charge on any atom is -0.456 e. The molecule has 0 atom stereocenters. The molecule has 0 aliphatic rings. The van der Waals surface area contributed by atoms with Crippen LogP contribution in [0.25, 0.3) is 22.3 Å². The minimum absolute atomic E-state index is 0.124. The number of halogens is 1. The topological polar surface area (TPSA) is 30.2 Å². The van der Waals surface area contributed by atoms with Crippen LogP contribution >= 0.6 is 11.6 Å². The molecule has 0 aliphatic heterocycles. The molecular weight excluding hydrogens is 248 g/mol. The number of fused-ring (bicyclic) bond motifs is 1. The van der Waals surface area contributed by atoms with Gasteiger partial charge in [0.1, 0.15) is 11.3 Å². The van der Waals surface area contributed by atoms with E-state index in [4.69, 9.17) is 16.0 Å². The Balaban J connectivity index is 2.33. The predicted octanol–water partition coefficient (Wildman–Crippen LogP) is 4.11. The highest BCUT2D eigenvalue weighted by Crippen LogP contribution is 2.25. The van der Waals surface area contributed by atoms with Gasteiger partial charge in [0.05, 0.1) is 10.4 Å². The molecule has 2 nitrogen and oxygen atoms in total.